The maximum absolute atomic E-state index is 12.5. The SMILES string of the molecule is CC1CCC(NC(=O)C2CCN(C(=O)N3CCCC3)CC2)CC1. The standard InChI is InChI=1S/C18H31N3O2/c1-14-4-6-16(7-5-14)19-17(22)15-8-12-21(13-9-15)18(23)20-10-2-3-11-20/h14-16H,2-13H2,1H3,(H,19,22). The number of rotatable bonds is 2. The first kappa shape index (κ1) is 16.6. The van der Waals surface area contributed by atoms with E-state index in [-0.39, 0.29) is 17.9 Å². The van der Waals surface area contributed by atoms with Gasteiger partial charge in [0, 0.05) is 38.1 Å². The highest BCUT2D eigenvalue weighted by Gasteiger charge is 2.31. The Balaban J connectivity index is 1.41. The van der Waals surface area contributed by atoms with Gasteiger partial charge in [-0.15, -0.1) is 0 Å². The summed E-state index contributed by atoms with van der Waals surface area (Å²) in [4.78, 5) is 28.7. The van der Waals surface area contributed by atoms with Crippen molar-refractivity contribution in [2.45, 2.75) is 64.3 Å². The van der Waals surface area contributed by atoms with E-state index in [1.807, 2.05) is 9.80 Å². The number of amides is 3. The molecule has 2 heterocycles. The molecule has 1 aliphatic carbocycles. The van der Waals surface area contributed by atoms with Crippen LogP contribution in [-0.4, -0.2) is 54.0 Å². The molecule has 130 valence electrons. The van der Waals surface area contributed by atoms with Gasteiger partial charge in [0.05, 0.1) is 0 Å². The summed E-state index contributed by atoms with van der Waals surface area (Å²) < 4.78 is 0. The molecule has 2 saturated heterocycles. The summed E-state index contributed by atoms with van der Waals surface area (Å²) in [6.45, 7) is 5.56. The predicted molar refractivity (Wildman–Crippen MR) is 90.1 cm³/mol. The second-order valence-corrected chi connectivity index (χ2v) is 7.70. The molecule has 5 nitrogen and oxygen atoms in total. The molecule has 0 radical (unpaired) electrons. The van der Waals surface area contributed by atoms with Gasteiger partial charge >= 0.3 is 6.03 Å². The molecular weight excluding hydrogens is 290 g/mol. The largest absolute Gasteiger partial charge is 0.353 e. The van der Waals surface area contributed by atoms with Gasteiger partial charge in [-0.2, -0.15) is 0 Å². The number of nitrogens with one attached hydrogen (secondary N) is 1. The van der Waals surface area contributed by atoms with Crippen LogP contribution in [-0.2, 0) is 4.79 Å². The Morgan fingerprint density at radius 3 is 2.00 bits per heavy atom. The third-order valence-electron chi connectivity index (χ3n) is 5.88. The van der Waals surface area contributed by atoms with Crippen LogP contribution in [0.5, 0.6) is 0 Å². The van der Waals surface area contributed by atoms with Crippen LogP contribution in [0.25, 0.3) is 0 Å². The maximum atomic E-state index is 12.5. The Morgan fingerprint density at radius 1 is 0.826 bits per heavy atom. The molecule has 3 fully saturated rings. The van der Waals surface area contributed by atoms with E-state index in [0.29, 0.717) is 6.04 Å². The zero-order valence-corrected chi connectivity index (χ0v) is 14.4. The second kappa shape index (κ2) is 7.54. The van der Waals surface area contributed by atoms with Crippen molar-refractivity contribution in [2.75, 3.05) is 26.2 Å². The molecule has 3 amide bonds. The lowest BCUT2D eigenvalue weighted by atomic mass is 9.86. The van der Waals surface area contributed by atoms with E-state index >= 15 is 0 Å². The van der Waals surface area contributed by atoms with Crippen LogP contribution in [0, 0.1) is 11.8 Å². The van der Waals surface area contributed by atoms with Crippen LogP contribution < -0.4 is 5.32 Å². The normalized spacial score (nSPS) is 29.6. The Kier molecular flexibility index (Phi) is 5.44. The Bertz CT molecular complexity index is 418. The van der Waals surface area contributed by atoms with Crippen molar-refractivity contribution >= 4 is 11.9 Å². The fourth-order valence-electron chi connectivity index (χ4n) is 4.16. The van der Waals surface area contributed by atoms with Gasteiger partial charge in [-0.25, -0.2) is 4.79 Å². The zero-order chi connectivity index (χ0) is 16.2. The van der Waals surface area contributed by atoms with Crippen molar-refractivity contribution in [1.82, 2.24) is 15.1 Å². The van der Waals surface area contributed by atoms with Crippen molar-refractivity contribution in [3.63, 3.8) is 0 Å². The first-order valence-corrected chi connectivity index (χ1v) is 9.47. The van der Waals surface area contributed by atoms with Crippen LogP contribution in [0.15, 0.2) is 0 Å². The molecule has 0 spiro atoms. The Labute approximate surface area is 139 Å². The number of carbonyl (C=O) groups excluding carboxylic acids is 2. The molecule has 23 heavy (non-hydrogen) atoms. The zero-order valence-electron chi connectivity index (χ0n) is 14.4. The summed E-state index contributed by atoms with van der Waals surface area (Å²) in [7, 11) is 0. The highest BCUT2D eigenvalue weighted by molar-refractivity contribution is 5.80. The van der Waals surface area contributed by atoms with Gasteiger partial charge in [0.2, 0.25) is 5.91 Å². The van der Waals surface area contributed by atoms with Crippen molar-refractivity contribution in [3.8, 4) is 0 Å². The van der Waals surface area contributed by atoms with Crippen molar-refractivity contribution in [1.29, 1.82) is 0 Å². The van der Waals surface area contributed by atoms with E-state index in [4.69, 9.17) is 0 Å². The minimum Gasteiger partial charge on any atom is -0.353 e. The summed E-state index contributed by atoms with van der Waals surface area (Å²) >= 11 is 0. The number of urea groups is 1. The minimum atomic E-state index is 0.0944. The molecule has 0 bridgehead atoms. The van der Waals surface area contributed by atoms with E-state index in [1.165, 1.54) is 12.8 Å². The molecule has 2 aliphatic heterocycles. The molecule has 5 heteroatoms. The number of piperidine rings is 1. The summed E-state index contributed by atoms with van der Waals surface area (Å²) in [5.41, 5.74) is 0. The molecule has 3 rings (SSSR count). The summed E-state index contributed by atoms with van der Waals surface area (Å²) in [6, 6.07) is 0.561. The van der Waals surface area contributed by atoms with Gasteiger partial charge < -0.3 is 15.1 Å². The molecular formula is C18H31N3O2. The summed E-state index contributed by atoms with van der Waals surface area (Å²) in [5.74, 6) is 1.12. The van der Waals surface area contributed by atoms with Gasteiger partial charge in [-0.1, -0.05) is 6.92 Å². The number of hydrogen-bond donors (Lipinski definition) is 1. The molecule has 1 N–H and O–H groups in total. The van der Waals surface area contributed by atoms with E-state index in [0.717, 1.165) is 70.6 Å². The van der Waals surface area contributed by atoms with Crippen molar-refractivity contribution < 1.29 is 9.59 Å². The average Bonchev–Trinajstić information content (AvgIpc) is 3.11. The molecule has 0 unspecified atom stereocenters. The van der Waals surface area contributed by atoms with Crippen LogP contribution in [0.1, 0.15) is 58.3 Å². The van der Waals surface area contributed by atoms with Gasteiger partial charge in [0.1, 0.15) is 0 Å². The highest BCUT2D eigenvalue weighted by Crippen LogP contribution is 2.25. The maximum Gasteiger partial charge on any atom is 0.319 e. The first-order valence-electron chi connectivity index (χ1n) is 9.47. The van der Waals surface area contributed by atoms with E-state index in [1.54, 1.807) is 0 Å². The molecule has 0 aromatic carbocycles. The Hall–Kier alpha value is -1.26. The molecule has 3 aliphatic rings. The highest BCUT2D eigenvalue weighted by atomic mass is 16.2. The molecule has 0 aromatic rings. The molecule has 0 atom stereocenters. The number of likely N-dealkylation sites (tertiary alicyclic amines) is 2. The third-order valence-corrected chi connectivity index (χ3v) is 5.88. The molecule has 0 aromatic heterocycles. The fourth-order valence-corrected chi connectivity index (χ4v) is 4.16. The van der Waals surface area contributed by atoms with E-state index in [9.17, 15) is 9.59 Å². The van der Waals surface area contributed by atoms with Crippen molar-refractivity contribution in [2.24, 2.45) is 11.8 Å². The number of nitrogens with zero attached hydrogens (tertiary/aromatic N) is 2. The summed E-state index contributed by atoms with van der Waals surface area (Å²) in [6.07, 6.45) is 8.60. The lowest BCUT2D eigenvalue weighted by Gasteiger charge is -2.35. The minimum absolute atomic E-state index is 0.0944. The predicted octanol–water partition coefficient (Wildman–Crippen LogP) is 2.61. The monoisotopic (exact) mass is 321 g/mol. The number of carbonyl (C=O) groups is 2. The fraction of sp³-hybridized carbons (Fsp3) is 0.889. The van der Waals surface area contributed by atoms with Crippen molar-refractivity contribution in [3.05, 3.63) is 0 Å². The quantitative estimate of drug-likeness (QED) is 0.850. The van der Waals surface area contributed by atoms with E-state index < -0.39 is 0 Å². The lowest BCUT2D eigenvalue weighted by Crippen LogP contribution is -2.49. The van der Waals surface area contributed by atoms with Crippen LogP contribution in [0.3, 0.4) is 0 Å². The van der Waals surface area contributed by atoms with Gasteiger partial charge in [0.25, 0.3) is 0 Å². The van der Waals surface area contributed by atoms with Gasteiger partial charge in [0.15, 0.2) is 0 Å². The Morgan fingerprint density at radius 2 is 1.39 bits per heavy atom. The number of hydrogen-bond acceptors (Lipinski definition) is 2. The van der Waals surface area contributed by atoms with Gasteiger partial charge in [-0.05, 0) is 57.3 Å². The van der Waals surface area contributed by atoms with Crippen LogP contribution in [0.4, 0.5) is 4.79 Å². The topological polar surface area (TPSA) is 52.7 Å². The first-order chi connectivity index (χ1) is 11.1. The summed E-state index contributed by atoms with van der Waals surface area (Å²) in [5, 5.41) is 3.26. The smallest absolute Gasteiger partial charge is 0.319 e. The van der Waals surface area contributed by atoms with E-state index in [2.05, 4.69) is 12.2 Å². The second-order valence-electron chi connectivity index (χ2n) is 7.70. The molecule has 1 saturated carbocycles. The lowest BCUT2D eigenvalue weighted by molar-refractivity contribution is -0.127. The van der Waals surface area contributed by atoms with Crippen LogP contribution in [0.2, 0.25) is 0 Å². The average molecular weight is 321 g/mol. The third kappa shape index (κ3) is 4.18. The van der Waals surface area contributed by atoms with Gasteiger partial charge in [-0.3, -0.25) is 4.79 Å². The van der Waals surface area contributed by atoms with Crippen LogP contribution >= 0.6 is 0 Å².